The van der Waals surface area contributed by atoms with Gasteiger partial charge in [0.2, 0.25) is 0 Å². The predicted octanol–water partition coefficient (Wildman–Crippen LogP) is 5.52. The summed E-state index contributed by atoms with van der Waals surface area (Å²) in [6.45, 7) is 11.5. The van der Waals surface area contributed by atoms with E-state index in [0.717, 1.165) is 18.8 Å². The Bertz CT molecular complexity index is 182. The van der Waals surface area contributed by atoms with Crippen molar-refractivity contribution >= 4 is 0 Å². The van der Waals surface area contributed by atoms with E-state index >= 15 is 0 Å². The Kier molecular flexibility index (Phi) is 16.4. The second kappa shape index (κ2) is 16.7. The van der Waals surface area contributed by atoms with Crippen LogP contribution in [0.1, 0.15) is 78.1 Å². The molecule has 2 nitrogen and oxygen atoms in total. The van der Waals surface area contributed by atoms with Crippen LogP contribution in [0.5, 0.6) is 0 Å². The van der Waals surface area contributed by atoms with E-state index in [2.05, 4.69) is 20.4 Å². The molecule has 0 rings (SSSR count). The van der Waals surface area contributed by atoms with Crippen molar-refractivity contribution in [2.24, 2.45) is 0 Å². The average Bonchev–Trinajstić information content (AvgIpc) is 2.45. The van der Waals surface area contributed by atoms with Crippen molar-refractivity contribution in [3.05, 3.63) is 12.2 Å². The molecule has 0 spiro atoms. The molecule has 0 saturated carbocycles. The fraction of sp³-hybridized carbons (Fsp3) is 0.889. The normalized spacial score (nSPS) is 10.9. The minimum Gasteiger partial charge on any atom is -0.377 e. The third-order valence-electron chi connectivity index (χ3n) is 3.40. The molecule has 120 valence electrons. The highest BCUT2D eigenvalue weighted by Crippen LogP contribution is 2.04. The molecule has 2 heteroatoms. The van der Waals surface area contributed by atoms with E-state index < -0.39 is 0 Å². The van der Waals surface area contributed by atoms with E-state index in [4.69, 9.17) is 9.47 Å². The van der Waals surface area contributed by atoms with Crippen LogP contribution in [0.4, 0.5) is 0 Å². The van der Waals surface area contributed by atoms with Crippen molar-refractivity contribution in [2.75, 3.05) is 26.4 Å². The molecule has 0 heterocycles. The first-order chi connectivity index (χ1) is 9.81. The van der Waals surface area contributed by atoms with Crippen LogP contribution in [0.3, 0.4) is 0 Å². The SMILES string of the molecule is C=C(COCCCCCCC)COCCCCCCC. The molecule has 0 bridgehead atoms. The molecule has 0 aromatic rings. The molecular weight excluding hydrogens is 248 g/mol. The number of ether oxygens (including phenoxy) is 2. The summed E-state index contributed by atoms with van der Waals surface area (Å²) >= 11 is 0. The third kappa shape index (κ3) is 15.7. The molecule has 0 aliphatic heterocycles. The first-order valence-electron chi connectivity index (χ1n) is 8.63. The van der Waals surface area contributed by atoms with Crippen molar-refractivity contribution in [3.63, 3.8) is 0 Å². The Morgan fingerprint density at radius 3 is 1.45 bits per heavy atom. The molecule has 0 aromatic heterocycles. The van der Waals surface area contributed by atoms with Gasteiger partial charge in [-0.2, -0.15) is 0 Å². The van der Waals surface area contributed by atoms with Crippen LogP contribution in [0, 0.1) is 0 Å². The molecule has 0 N–H and O–H groups in total. The van der Waals surface area contributed by atoms with Crippen LogP contribution in [-0.2, 0) is 9.47 Å². The molecule has 0 aliphatic carbocycles. The van der Waals surface area contributed by atoms with Crippen LogP contribution in [0.25, 0.3) is 0 Å². The fourth-order valence-electron chi connectivity index (χ4n) is 2.09. The van der Waals surface area contributed by atoms with Crippen molar-refractivity contribution < 1.29 is 9.47 Å². The molecule has 0 saturated heterocycles. The standard InChI is InChI=1S/C18H36O2/c1-4-6-8-10-12-14-19-16-18(3)17-20-15-13-11-9-7-5-2/h3-17H2,1-2H3. The van der Waals surface area contributed by atoms with Crippen LogP contribution < -0.4 is 0 Å². The molecule has 0 unspecified atom stereocenters. The summed E-state index contributed by atoms with van der Waals surface area (Å²) in [5.74, 6) is 0. The van der Waals surface area contributed by atoms with Gasteiger partial charge in [-0.05, 0) is 18.4 Å². The maximum Gasteiger partial charge on any atom is 0.0696 e. The second-order valence-electron chi connectivity index (χ2n) is 5.68. The molecule has 0 radical (unpaired) electrons. The Morgan fingerprint density at radius 2 is 1.05 bits per heavy atom. The largest absolute Gasteiger partial charge is 0.377 e. The number of hydrogen-bond donors (Lipinski definition) is 0. The summed E-state index contributed by atoms with van der Waals surface area (Å²) in [7, 11) is 0. The lowest BCUT2D eigenvalue weighted by Crippen LogP contribution is -2.06. The summed E-state index contributed by atoms with van der Waals surface area (Å²) in [6, 6.07) is 0. The van der Waals surface area contributed by atoms with Crippen molar-refractivity contribution in [1.82, 2.24) is 0 Å². The Morgan fingerprint density at radius 1 is 0.650 bits per heavy atom. The molecule has 0 fully saturated rings. The highest BCUT2D eigenvalue weighted by molar-refractivity contribution is 4.94. The van der Waals surface area contributed by atoms with E-state index in [1.165, 1.54) is 64.2 Å². The van der Waals surface area contributed by atoms with Gasteiger partial charge >= 0.3 is 0 Å². The minimum absolute atomic E-state index is 0.656. The van der Waals surface area contributed by atoms with Gasteiger partial charge in [0.05, 0.1) is 13.2 Å². The smallest absolute Gasteiger partial charge is 0.0696 e. The lowest BCUT2D eigenvalue weighted by molar-refractivity contribution is 0.115. The summed E-state index contributed by atoms with van der Waals surface area (Å²) in [5, 5.41) is 0. The highest BCUT2D eigenvalue weighted by atomic mass is 16.5. The number of hydrogen-bond acceptors (Lipinski definition) is 2. The average molecular weight is 284 g/mol. The highest BCUT2D eigenvalue weighted by Gasteiger charge is 1.97. The van der Waals surface area contributed by atoms with E-state index in [9.17, 15) is 0 Å². The molecule has 0 aliphatic rings. The van der Waals surface area contributed by atoms with Gasteiger partial charge in [-0.1, -0.05) is 71.8 Å². The Hall–Kier alpha value is -0.340. The van der Waals surface area contributed by atoms with Gasteiger partial charge in [-0.25, -0.2) is 0 Å². The van der Waals surface area contributed by atoms with E-state index in [0.29, 0.717) is 13.2 Å². The van der Waals surface area contributed by atoms with Crippen LogP contribution >= 0.6 is 0 Å². The quantitative estimate of drug-likeness (QED) is 0.274. The van der Waals surface area contributed by atoms with E-state index in [-0.39, 0.29) is 0 Å². The summed E-state index contributed by atoms with van der Waals surface area (Å²) in [5.41, 5.74) is 1.06. The van der Waals surface area contributed by atoms with Crippen molar-refractivity contribution in [3.8, 4) is 0 Å². The van der Waals surface area contributed by atoms with Gasteiger partial charge < -0.3 is 9.47 Å². The van der Waals surface area contributed by atoms with Crippen LogP contribution in [-0.4, -0.2) is 26.4 Å². The Balaban J connectivity index is 3.13. The fourth-order valence-corrected chi connectivity index (χ4v) is 2.09. The zero-order chi connectivity index (χ0) is 14.9. The lowest BCUT2D eigenvalue weighted by Gasteiger charge is -2.08. The van der Waals surface area contributed by atoms with Gasteiger partial charge in [0.25, 0.3) is 0 Å². The van der Waals surface area contributed by atoms with Crippen LogP contribution in [0.15, 0.2) is 12.2 Å². The first kappa shape index (κ1) is 19.7. The van der Waals surface area contributed by atoms with Crippen LogP contribution in [0.2, 0.25) is 0 Å². The molecule has 0 amide bonds. The van der Waals surface area contributed by atoms with Gasteiger partial charge in [0, 0.05) is 13.2 Å². The van der Waals surface area contributed by atoms with Crippen molar-refractivity contribution in [2.45, 2.75) is 78.1 Å². The molecule has 20 heavy (non-hydrogen) atoms. The topological polar surface area (TPSA) is 18.5 Å². The molecule has 0 atom stereocenters. The second-order valence-corrected chi connectivity index (χ2v) is 5.68. The van der Waals surface area contributed by atoms with Gasteiger partial charge in [0.1, 0.15) is 0 Å². The Labute approximate surface area is 126 Å². The van der Waals surface area contributed by atoms with Gasteiger partial charge in [-0.15, -0.1) is 0 Å². The molecule has 0 aromatic carbocycles. The zero-order valence-electron chi connectivity index (χ0n) is 13.9. The first-order valence-corrected chi connectivity index (χ1v) is 8.63. The maximum atomic E-state index is 5.61. The minimum atomic E-state index is 0.656. The molecular formula is C18H36O2. The third-order valence-corrected chi connectivity index (χ3v) is 3.40. The number of unbranched alkanes of at least 4 members (excludes halogenated alkanes) is 8. The predicted molar refractivity (Wildman–Crippen MR) is 88.3 cm³/mol. The van der Waals surface area contributed by atoms with Gasteiger partial charge in [0.15, 0.2) is 0 Å². The summed E-state index contributed by atoms with van der Waals surface area (Å²) in [6.07, 6.45) is 12.9. The number of rotatable bonds is 16. The van der Waals surface area contributed by atoms with E-state index in [1.54, 1.807) is 0 Å². The van der Waals surface area contributed by atoms with E-state index in [1.807, 2.05) is 0 Å². The lowest BCUT2D eigenvalue weighted by atomic mass is 10.2. The monoisotopic (exact) mass is 284 g/mol. The summed E-state index contributed by atoms with van der Waals surface area (Å²) < 4.78 is 11.2. The van der Waals surface area contributed by atoms with Crippen molar-refractivity contribution in [1.29, 1.82) is 0 Å². The summed E-state index contributed by atoms with van der Waals surface area (Å²) in [4.78, 5) is 0. The van der Waals surface area contributed by atoms with Gasteiger partial charge in [-0.3, -0.25) is 0 Å². The maximum absolute atomic E-state index is 5.61. The zero-order valence-corrected chi connectivity index (χ0v) is 13.9.